The molecule has 5 nitrogen and oxygen atoms in total. The van der Waals surface area contributed by atoms with Gasteiger partial charge in [0.2, 0.25) is 0 Å². The number of hydrogen-bond acceptors (Lipinski definition) is 5. The van der Waals surface area contributed by atoms with Gasteiger partial charge in [0.05, 0.1) is 6.61 Å². The Kier molecular flexibility index (Phi) is 41.5. The molecule has 0 fully saturated rings. The highest BCUT2D eigenvalue weighted by atomic mass is 16.6. The Bertz CT molecular complexity index is 873. The number of aliphatic hydroxyl groups is 1. The van der Waals surface area contributed by atoms with Crippen LogP contribution >= 0.6 is 0 Å². The molecule has 5 heteroatoms. The maximum absolute atomic E-state index is 12.2. The minimum atomic E-state index is -0.777. The second-order valence-corrected chi connectivity index (χ2v) is 14.8. The summed E-state index contributed by atoms with van der Waals surface area (Å²) in [5.41, 5.74) is 0. The lowest BCUT2D eigenvalue weighted by atomic mass is 10.0. The molecule has 1 atom stereocenters. The Morgan fingerprint density at radius 3 is 1.21 bits per heavy atom. The largest absolute Gasteiger partial charge is 0.462 e. The molecule has 0 saturated heterocycles. The molecule has 0 radical (unpaired) electrons. The number of rotatable bonds is 40. The van der Waals surface area contributed by atoms with Crippen molar-refractivity contribution >= 4 is 11.9 Å². The Hall–Kier alpha value is -2.14. The Balaban J connectivity index is 3.50. The highest BCUT2D eigenvalue weighted by Gasteiger charge is 2.16. The zero-order chi connectivity index (χ0) is 37.8. The summed E-state index contributed by atoms with van der Waals surface area (Å²) in [4.78, 5) is 24.3. The predicted molar refractivity (Wildman–Crippen MR) is 224 cm³/mol. The standard InChI is InChI=1S/C47H84O5/c1-3-5-7-9-11-13-15-17-18-19-20-21-22-23-24-25-26-27-28-30-32-34-36-38-40-42-47(50)52-45(43-48)44-51-46(49)41-39-37-35-33-31-29-16-14-12-10-8-6-4-2/h8,10,14-17,19-20,45,48H,3-7,9,11-13,18,21-44H2,1-2H3/b10-8-,16-14-,17-15-,20-19-. The van der Waals surface area contributed by atoms with Crippen molar-refractivity contribution in [2.75, 3.05) is 13.2 Å². The van der Waals surface area contributed by atoms with Crippen LogP contribution in [0.5, 0.6) is 0 Å². The molecular weight excluding hydrogens is 645 g/mol. The Morgan fingerprint density at radius 2 is 0.808 bits per heavy atom. The summed E-state index contributed by atoms with van der Waals surface area (Å²) >= 11 is 0. The summed E-state index contributed by atoms with van der Waals surface area (Å²) in [5.74, 6) is -0.606. The topological polar surface area (TPSA) is 72.8 Å². The van der Waals surface area contributed by atoms with Gasteiger partial charge in [-0.15, -0.1) is 0 Å². The van der Waals surface area contributed by atoms with Crippen LogP contribution in [0, 0.1) is 0 Å². The van der Waals surface area contributed by atoms with Crippen LogP contribution in [0.1, 0.15) is 219 Å². The molecule has 0 aliphatic carbocycles. The van der Waals surface area contributed by atoms with Crippen LogP contribution in [0.25, 0.3) is 0 Å². The van der Waals surface area contributed by atoms with E-state index in [2.05, 4.69) is 62.5 Å². The number of aliphatic hydroxyl groups excluding tert-OH is 1. The van der Waals surface area contributed by atoms with E-state index in [1.807, 2.05) is 0 Å². The fourth-order valence-electron chi connectivity index (χ4n) is 6.21. The molecule has 302 valence electrons. The average molecular weight is 729 g/mol. The third-order valence-corrected chi connectivity index (χ3v) is 9.58. The SMILES string of the molecule is CCC/C=C\C/C=C\CCCCCCCC(=O)OCC(CO)OC(=O)CCCCCCCCCCCCCCC/C=C\C/C=C\CCCCCCC. The van der Waals surface area contributed by atoms with Crippen LogP contribution in [0.4, 0.5) is 0 Å². The third kappa shape index (κ3) is 40.6. The van der Waals surface area contributed by atoms with E-state index in [1.165, 1.54) is 128 Å². The predicted octanol–water partition coefficient (Wildman–Crippen LogP) is 14.2. The van der Waals surface area contributed by atoms with Gasteiger partial charge in [0.15, 0.2) is 6.10 Å². The molecule has 0 saturated carbocycles. The van der Waals surface area contributed by atoms with E-state index in [0.717, 1.165) is 64.2 Å². The van der Waals surface area contributed by atoms with Crippen molar-refractivity contribution in [3.8, 4) is 0 Å². The highest BCUT2D eigenvalue weighted by Crippen LogP contribution is 2.15. The molecule has 0 amide bonds. The first-order valence-electron chi connectivity index (χ1n) is 22.2. The van der Waals surface area contributed by atoms with Crippen molar-refractivity contribution in [2.45, 2.75) is 225 Å². The maximum Gasteiger partial charge on any atom is 0.306 e. The lowest BCUT2D eigenvalue weighted by Gasteiger charge is -2.15. The maximum atomic E-state index is 12.2. The molecule has 0 spiro atoms. The van der Waals surface area contributed by atoms with Gasteiger partial charge in [-0.3, -0.25) is 9.59 Å². The first-order valence-corrected chi connectivity index (χ1v) is 22.2. The second-order valence-electron chi connectivity index (χ2n) is 14.8. The smallest absolute Gasteiger partial charge is 0.306 e. The van der Waals surface area contributed by atoms with Crippen LogP contribution in [0.2, 0.25) is 0 Å². The Labute approximate surface area is 322 Å². The molecule has 0 heterocycles. The van der Waals surface area contributed by atoms with Crippen LogP contribution in [-0.4, -0.2) is 36.4 Å². The number of allylic oxidation sites excluding steroid dienone is 8. The van der Waals surface area contributed by atoms with Gasteiger partial charge in [-0.2, -0.15) is 0 Å². The third-order valence-electron chi connectivity index (χ3n) is 9.58. The van der Waals surface area contributed by atoms with Crippen molar-refractivity contribution in [3.05, 3.63) is 48.6 Å². The van der Waals surface area contributed by atoms with Gasteiger partial charge in [0.25, 0.3) is 0 Å². The molecule has 0 aromatic carbocycles. The molecule has 0 aliphatic rings. The minimum absolute atomic E-state index is 0.0731. The van der Waals surface area contributed by atoms with E-state index >= 15 is 0 Å². The summed E-state index contributed by atoms with van der Waals surface area (Å²) in [6, 6.07) is 0. The summed E-state index contributed by atoms with van der Waals surface area (Å²) in [6.07, 6.45) is 54.7. The number of carbonyl (C=O) groups excluding carboxylic acids is 2. The van der Waals surface area contributed by atoms with Gasteiger partial charge in [-0.25, -0.2) is 0 Å². The summed E-state index contributed by atoms with van der Waals surface area (Å²) in [7, 11) is 0. The molecule has 1 N–H and O–H groups in total. The zero-order valence-electron chi connectivity index (χ0n) is 34.3. The summed E-state index contributed by atoms with van der Waals surface area (Å²) in [5, 5.41) is 9.57. The van der Waals surface area contributed by atoms with Crippen LogP contribution in [0.3, 0.4) is 0 Å². The molecule has 0 rings (SSSR count). The van der Waals surface area contributed by atoms with Gasteiger partial charge < -0.3 is 14.6 Å². The zero-order valence-corrected chi connectivity index (χ0v) is 34.3. The molecule has 52 heavy (non-hydrogen) atoms. The first-order chi connectivity index (χ1) is 25.6. The van der Waals surface area contributed by atoms with Crippen molar-refractivity contribution in [1.29, 1.82) is 0 Å². The van der Waals surface area contributed by atoms with Crippen LogP contribution < -0.4 is 0 Å². The van der Waals surface area contributed by atoms with Gasteiger partial charge in [0, 0.05) is 12.8 Å². The molecule has 0 aromatic rings. The Morgan fingerprint density at radius 1 is 0.442 bits per heavy atom. The molecular formula is C47H84O5. The van der Waals surface area contributed by atoms with Crippen molar-refractivity contribution in [1.82, 2.24) is 0 Å². The van der Waals surface area contributed by atoms with E-state index in [9.17, 15) is 14.7 Å². The average Bonchev–Trinajstić information content (AvgIpc) is 3.15. The normalized spacial score (nSPS) is 12.6. The molecule has 0 aromatic heterocycles. The van der Waals surface area contributed by atoms with Crippen LogP contribution in [0.15, 0.2) is 48.6 Å². The van der Waals surface area contributed by atoms with Gasteiger partial charge >= 0.3 is 11.9 Å². The quantitative estimate of drug-likeness (QED) is 0.0386. The molecule has 0 bridgehead atoms. The van der Waals surface area contributed by atoms with E-state index in [4.69, 9.17) is 9.47 Å². The number of hydrogen-bond donors (Lipinski definition) is 1. The highest BCUT2D eigenvalue weighted by molar-refractivity contribution is 5.70. The van der Waals surface area contributed by atoms with Crippen LogP contribution in [-0.2, 0) is 19.1 Å². The number of ether oxygens (including phenoxy) is 2. The van der Waals surface area contributed by atoms with Gasteiger partial charge in [0.1, 0.15) is 6.61 Å². The summed E-state index contributed by atoms with van der Waals surface area (Å²) in [6.45, 7) is 4.06. The van der Waals surface area contributed by atoms with E-state index in [0.29, 0.717) is 12.8 Å². The van der Waals surface area contributed by atoms with E-state index in [-0.39, 0.29) is 25.2 Å². The van der Waals surface area contributed by atoms with E-state index < -0.39 is 6.10 Å². The molecule has 1 unspecified atom stereocenters. The number of unbranched alkanes of at least 4 members (excludes halogenated alkanes) is 24. The van der Waals surface area contributed by atoms with E-state index in [1.54, 1.807) is 0 Å². The second kappa shape index (κ2) is 43.3. The lowest BCUT2D eigenvalue weighted by Crippen LogP contribution is -2.28. The van der Waals surface area contributed by atoms with Crippen molar-refractivity contribution in [2.24, 2.45) is 0 Å². The van der Waals surface area contributed by atoms with Crippen molar-refractivity contribution in [3.63, 3.8) is 0 Å². The fraction of sp³-hybridized carbons (Fsp3) is 0.787. The van der Waals surface area contributed by atoms with Gasteiger partial charge in [-0.1, -0.05) is 184 Å². The monoisotopic (exact) mass is 729 g/mol. The summed E-state index contributed by atoms with van der Waals surface area (Å²) < 4.78 is 10.6. The number of esters is 2. The molecule has 0 aliphatic heterocycles. The van der Waals surface area contributed by atoms with Crippen molar-refractivity contribution < 1.29 is 24.2 Å². The minimum Gasteiger partial charge on any atom is -0.462 e. The first kappa shape index (κ1) is 49.9. The van der Waals surface area contributed by atoms with Gasteiger partial charge in [-0.05, 0) is 70.6 Å². The lowest BCUT2D eigenvalue weighted by molar-refractivity contribution is -0.161. The number of carbonyl (C=O) groups is 2. The fourth-order valence-corrected chi connectivity index (χ4v) is 6.21.